The van der Waals surface area contributed by atoms with E-state index in [2.05, 4.69) is 146 Å². The average molecular weight is 582 g/mol. The van der Waals surface area contributed by atoms with Crippen LogP contribution in [0.3, 0.4) is 0 Å². The molecular weight excluding hydrogens is 550 g/mol. The summed E-state index contributed by atoms with van der Waals surface area (Å²) in [6.45, 7) is 0. The van der Waals surface area contributed by atoms with Gasteiger partial charge in [0, 0.05) is 17.1 Å². The molecule has 0 amide bonds. The molecule has 0 saturated carbocycles. The SMILES string of the molecule is [Fe].[cH-]1[cH-][cH-][cH-][cH-]1.c1ccc(P(CC([c-]2cccc2)P(c2ccccc2)c2ccccc2)c2ccccc2)cc1. The number of hydrogen-bond acceptors (Lipinski definition) is 0. The Morgan fingerprint density at radius 3 is 1.15 bits per heavy atom. The van der Waals surface area contributed by atoms with Crippen molar-refractivity contribution < 1.29 is 17.1 Å². The van der Waals surface area contributed by atoms with Crippen LogP contribution in [0.2, 0.25) is 0 Å². The third-order valence-corrected chi connectivity index (χ3v) is 12.2. The normalized spacial score (nSPS) is 11.3. The first kappa shape index (κ1) is 29.0. The molecule has 6 rings (SSSR count). The molecule has 0 radical (unpaired) electrons. The minimum absolute atomic E-state index is 0. The van der Waals surface area contributed by atoms with Crippen molar-refractivity contribution in [3.05, 3.63) is 181 Å². The second-order valence-corrected chi connectivity index (χ2v) is 13.7. The first-order valence-electron chi connectivity index (χ1n) is 13.1. The van der Waals surface area contributed by atoms with Crippen molar-refractivity contribution in [3.63, 3.8) is 0 Å². The number of rotatable bonds is 8. The van der Waals surface area contributed by atoms with Gasteiger partial charge in [0.2, 0.25) is 0 Å². The summed E-state index contributed by atoms with van der Waals surface area (Å²) in [4.78, 5) is 0. The van der Waals surface area contributed by atoms with Gasteiger partial charge in [0.25, 0.3) is 0 Å². The van der Waals surface area contributed by atoms with Gasteiger partial charge in [-0.1, -0.05) is 121 Å². The minimum Gasteiger partial charge on any atom is -0.748 e. The molecule has 200 valence electrons. The fourth-order valence-electron chi connectivity index (χ4n) is 4.70. The molecule has 0 fully saturated rings. The predicted octanol–water partition coefficient (Wildman–Crippen LogP) is 8.12. The number of hydrogen-bond donors (Lipinski definition) is 0. The van der Waals surface area contributed by atoms with Crippen molar-refractivity contribution in [3.8, 4) is 0 Å². The van der Waals surface area contributed by atoms with Crippen molar-refractivity contribution >= 4 is 37.1 Å². The maximum absolute atomic E-state index is 2.33. The zero-order valence-electron chi connectivity index (χ0n) is 21.8. The van der Waals surface area contributed by atoms with E-state index in [4.69, 9.17) is 0 Å². The van der Waals surface area contributed by atoms with Crippen LogP contribution in [0.15, 0.2) is 176 Å². The van der Waals surface area contributed by atoms with Crippen LogP contribution in [0.5, 0.6) is 0 Å². The summed E-state index contributed by atoms with van der Waals surface area (Å²) in [6, 6.07) is 63.6. The Hall–Kier alpha value is -3.04. The van der Waals surface area contributed by atoms with E-state index in [9.17, 15) is 0 Å². The van der Waals surface area contributed by atoms with Crippen molar-refractivity contribution in [2.75, 3.05) is 6.16 Å². The van der Waals surface area contributed by atoms with Crippen LogP contribution in [0.4, 0.5) is 0 Å². The summed E-state index contributed by atoms with van der Waals surface area (Å²) in [7, 11) is -1.05. The van der Waals surface area contributed by atoms with Gasteiger partial charge in [-0.25, -0.2) is 12.1 Å². The van der Waals surface area contributed by atoms with E-state index in [-0.39, 0.29) is 17.1 Å². The molecule has 0 heterocycles. The Balaban J connectivity index is 0.000000530. The zero-order chi connectivity index (χ0) is 25.8. The monoisotopic (exact) mass is 582 g/mol. The first-order valence-corrected chi connectivity index (χ1v) is 16.0. The zero-order valence-corrected chi connectivity index (χ0v) is 24.7. The molecule has 0 saturated heterocycles. The fraction of sp³-hybridized carbons (Fsp3) is 0.0556. The third-order valence-electron chi connectivity index (χ3n) is 6.50. The second-order valence-electron chi connectivity index (χ2n) is 9.02. The van der Waals surface area contributed by atoms with Crippen molar-refractivity contribution in [1.82, 2.24) is 0 Å². The Kier molecular flexibility index (Phi) is 11.5. The van der Waals surface area contributed by atoms with Gasteiger partial charge in [-0.2, -0.15) is 12.1 Å². The topological polar surface area (TPSA) is 0 Å². The van der Waals surface area contributed by atoms with E-state index in [0.717, 1.165) is 6.16 Å². The Bertz CT molecular complexity index is 1320. The fourth-order valence-corrected chi connectivity index (χ4v) is 10.7. The molecule has 6 aromatic rings. The average Bonchev–Trinajstić information content (AvgIpc) is 3.75. The van der Waals surface area contributed by atoms with E-state index in [1.807, 2.05) is 30.3 Å². The van der Waals surface area contributed by atoms with E-state index < -0.39 is 15.8 Å². The molecule has 0 aliphatic carbocycles. The molecule has 0 aliphatic rings. The molecule has 0 bridgehead atoms. The largest absolute Gasteiger partial charge is 0.748 e. The summed E-state index contributed by atoms with van der Waals surface area (Å²) in [5, 5.41) is 5.79. The van der Waals surface area contributed by atoms with E-state index >= 15 is 0 Å². The summed E-state index contributed by atoms with van der Waals surface area (Å²) < 4.78 is 0. The maximum atomic E-state index is 2.33. The molecule has 0 aliphatic heterocycles. The van der Waals surface area contributed by atoms with Crippen molar-refractivity contribution in [1.29, 1.82) is 0 Å². The van der Waals surface area contributed by atoms with Crippen molar-refractivity contribution in [2.24, 2.45) is 0 Å². The van der Waals surface area contributed by atoms with Gasteiger partial charge in [-0.05, 0) is 48.9 Å². The van der Waals surface area contributed by atoms with Crippen LogP contribution < -0.4 is 21.2 Å². The molecular formula is C36H32FeP2-6. The minimum atomic E-state index is -0.562. The van der Waals surface area contributed by atoms with Gasteiger partial charge >= 0.3 is 0 Å². The molecule has 0 N–H and O–H groups in total. The van der Waals surface area contributed by atoms with E-state index in [0.29, 0.717) is 5.66 Å². The summed E-state index contributed by atoms with van der Waals surface area (Å²) in [5.41, 5.74) is 1.89. The van der Waals surface area contributed by atoms with Gasteiger partial charge in [-0.15, -0.1) is 5.56 Å². The molecule has 1 unspecified atom stereocenters. The van der Waals surface area contributed by atoms with Crippen LogP contribution in [0.25, 0.3) is 0 Å². The first-order chi connectivity index (χ1) is 18.9. The third kappa shape index (κ3) is 7.99. The van der Waals surface area contributed by atoms with Crippen LogP contribution >= 0.6 is 15.8 Å². The van der Waals surface area contributed by atoms with Gasteiger partial charge in [0.15, 0.2) is 0 Å². The van der Waals surface area contributed by atoms with Crippen molar-refractivity contribution in [2.45, 2.75) is 5.66 Å². The Labute approximate surface area is 246 Å². The Morgan fingerprint density at radius 1 is 0.462 bits per heavy atom. The molecule has 3 heteroatoms. The Morgan fingerprint density at radius 2 is 0.795 bits per heavy atom. The molecule has 0 nitrogen and oxygen atoms in total. The van der Waals surface area contributed by atoms with Gasteiger partial charge in [-0.3, -0.25) is 0 Å². The molecule has 6 aromatic carbocycles. The summed E-state index contributed by atoms with van der Waals surface area (Å²) >= 11 is 0. The van der Waals surface area contributed by atoms with E-state index in [1.165, 1.54) is 26.8 Å². The van der Waals surface area contributed by atoms with Crippen LogP contribution in [0.1, 0.15) is 11.2 Å². The van der Waals surface area contributed by atoms with Gasteiger partial charge in [0.05, 0.1) is 0 Å². The quantitative estimate of drug-likeness (QED) is 0.0967. The smallest absolute Gasteiger partial charge is 0 e. The molecule has 0 spiro atoms. The predicted molar refractivity (Wildman–Crippen MR) is 170 cm³/mol. The van der Waals surface area contributed by atoms with Crippen LogP contribution in [-0.2, 0) is 17.1 Å². The second kappa shape index (κ2) is 15.5. The molecule has 0 aromatic heterocycles. The van der Waals surface area contributed by atoms with Gasteiger partial charge < -0.3 is 30.3 Å². The standard InChI is InChI=1S/C31H27P2.C5H5.Fe/c1-5-17-27(18-6-1)32(28-19-7-2-8-20-28)25-31(26-15-13-14-16-26)33(29-21-9-3-10-22-29)30-23-11-4-12-24-30;1-2-4-5-3-1;/h1-24,31H,25H2;1-5H;/q-1;-5;. The van der Waals surface area contributed by atoms with E-state index in [1.54, 1.807) is 0 Å². The summed E-state index contributed by atoms with van der Waals surface area (Å²) in [5.74, 6) is 0. The molecule has 39 heavy (non-hydrogen) atoms. The maximum Gasteiger partial charge on any atom is 0 e. The molecule has 1 atom stereocenters. The number of benzene rings is 4. The van der Waals surface area contributed by atoms with Gasteiger partial charge in [0.1, 0.15) is 0 Å². The summed E-state index contributed by atoms with van der Waals surface area (Å²) in [6.07, 6.45) is 1.13. The van der Waals surface area contributed by atoms with Crippen LogP contribution in [0, 0.1) is 0 Å². The van der Waals surface area contributed by atoms with Crippen LogP contribution in [-0.4, -0.2) is 6.16 Å².